The number of rotatable bonds is 75. The Morgan fingerprint density at radius 1 is 0.305 bits per heavy atom. The number of aliphatic hydroxyl groups excluding tert-OH is 1. The maximum absolute atomic E-state index is 13.1. The third kappa shape index (κ3) is 69.0. The Hall–Kier alpha value is -1.94. The highest BCUT2D eigenvalue weighted by Crippen LogP contribution is 2.45. The summed E-state index contributed by atoms with van der Waals surface area (Å²) < 4.78 is 68.5. The minimum Gasteiger partial charge on any atom is -0.462 e. The molecule has 0 amide bonds. The zero-order valence-corrected chi connectivity index (χ0v) is 63.8. The molecule has 0 aromatic carbocycles. The van der Waals surface area contributed by atoms with Crippen molar-refractivity contribution >= 4 is 39.5 Å². The molecular formula is C76H148O17P2. The lowest BCUT2D eigenvalue weighted by atomic mass is 10.00. The fourth-order valence-electron chi connectivity index (χ4n) is 11.6. The second-order valence-electron chi connectivity index (χ2n) is 28.1. The van der Waals surface area contributed by atoms with Gasteiger partial charge >= 0.3 is 39.5 Å². The molecule has 0 heterocycles. The standard InChI is InChI=1S/C76H148O17P2/c1-7-10-12-14-16-18-20-22-24-25-26-27-29-31-33-35-40-48-54-60-75(80)92-71(64-86-73(78)58-52-46-39-34-32-30-28-23-21-19-17-15-13-11-8-2)66-90-94(82,83)88-62-70(77)63-89-95(84,85)91-67-72(65-87-74(79)59-53-47-43-42-45-51-57-69(6)9-3)93-76(81)61-55-49-41-37-36-38-44-50-56-68(4)5/h68-72,77H,7-67H2,1-6H3,(H,82,83)(H,84,85)/t69?,70-,71-,72-/m1/s1. The van der Waals surface area contributed by atoms with E-state index in [4.69, 9.17) is 37.0 Å². The van der Waals surface area contributed by atoms with Crippen LogP contribution in [-0.2, 0) is 65.4 Å². The molecule has 564 valence electrons. The van der Waals surface area contributed by atoms with Crippen molar-refractivity contribution in [2.75, 3.05) is 39.6 Å². The lowest BCUT2D eigenvalue weighted by molar-refractivity contribution is -0.161. The summed E-state index contributed by atoms with van der Waals surface area (Å²) >= 11 is 0. The Balaban J connectivity index is 5.23. The van der Waals surface area contributed by atoms with Crippen molar-refractivity contribution in [1.29, 1.82) is 0 Å². The van der Waals surface area contributed by atoms with Crippen molar-refractivity contribution in [3.8, 4) is 0 Å². The van der Waals surface area contributed by atoms with Crippen LogP contribution < -0.4 is 0 Å². The number of unbranched alkanes of at least 4 members (excludes halogenated alkanes) is 44. The maximum Gasteiger partial charge on any atom is 0.472 e. The van der Waals surface area contributed by atoms with E-state index in [-0.39, 0.29) is 25.7 Å². The molecule has 0 rings (SSSR count). The topological polar surface area (TPSA) is 237 Å². The number of phosphoric acid groups is 2. The Morgan fingerprint density at radius 3 is 0.800 bits per heavy atom. The number of phosphoric ester groups is 2. The van der Waals surface area contributed by atoms with Crippen LogP contribution in [0.2, 0.25) is 0 Å². The van der Waals surface area contributed by atoms with Gasteiger partial charge in [0.05, 0.1) is 26.4 Å². The lowest BCUT2D eigenvalue weighted by Crippen LogP contribution is -2.30. The largest absolute Gasteiger partial charge is 0.472 e. The SMILES string of the molecule is CCCCCCCCCCCCCCCCCCCCCC(=O)O[C@H](COC(=O)CCCCCCCCCCCCCCCCC)COP(=O)(O)OC[C@@H](O)COP(=O)(O)OC[C@@H](COC(=O)CCCCCCCCC(C)CC)OC(=O)CCCCCCCCCCC(C)C. The molecule has 0 aromatic heterocycles. The predicted molar refractivity (Wildman–Crippen MR) is 386 cm³/mol. The van der Waals surface area contributed by atoms with Crippen molar-refractivity contribution < 1.29 is 80.2 Å². The summed E-state index contributed by atoms with van der Waals surface area (Å²) in [4.78, 5) is 72.8. The first kappa shape index (κ1) is 93.1. The third-order valence-corrected chi connectivity index (χ3v) is 20.0. The van der Waals surface area contributed by atoms with Crippen LogP contribution in [-0.4, -0.2) is 96.7 Å². The average Bonchev–Trinajstić information content (AvgIpc) is 2.25. The average molecular weight is 1400 g/mol. The Morgan fingerprint density at radius 2 is 0.537 bits per heavy atom. The molecule has 0 aliphatic carbocycles. The quantitative estimate of drug-likeness (QED) is 0.0222. The van der Waals surface area contributed by atoms with Gasteiger partial charge in [-0.1, -0.05) is 343 Å². The van der Waals surface area contributed by atoms with Crippen molar-refractivity contribution in [2.24, 2.45) is 11.8 Å². The molecule has 0 spiro atoms. The van der Waals surface area contributed by atoms with Crippen molar-refractivity contribution in [2.45, 2.75) is 413 Å². The smallest absolute Gasteiger partial charge is 0.462 e. The normalized spacial score (nSPS) is 14.3. The van der Waals surface area contributed by atoms with Crippen LogP contribution in [0.25, 0.3) is 0 Å². The Labute approximate surface area is 581 Å². The number of carbonyl (C=O) groups excluding carboxylic acids is 4. The molecule has 6 atom stereocenters. The van der Waals surface area contributed by atoms with E-state index in [2.05, 4.69) is 41.5 Å². The van der Waals surface area contributed by atoms with E-state index in [0.717, 1.165) is 108 Å². The summed E-state index contributed by atoms with van der Waals surface area (Å²) in [5, 5.41) is 10.6. The molecule has 0 aliphatic rings. The van der Waals surface area contributed by atoms with E-state index in [1.165, 1.54) is 205 Å². The Kier molecular flexibility index (Phi) is 66.5. The van der Waals surface area contributed by atoms with E-state index < -0.39 is 97.5 Å². The molecule has 3 unspecified atom stereocenters. The van der Waals surface area contributed by atoms with Crippen LogP contribution in [0.3, 0.4) is 0 Å². The number of carbonyl (C=O) groups is 4. The van der Waals surface area contributed by atoms with Crippen LogP contribution in [0.1, 0.15) is 395 Å². The van der Waals surface area contributed by atoms with Crippen molar-refractivity contribution in [3.63, 3.8) is 0 Å². The second-order valence-corrected chi connectivity index (χ2v) is 31.0. The first-order valence-corrected chi connectivity index (χ1v) is 42.5. The van der Waals surface area contributed by atoms with Gasteiger partial charge in [0.15, 0.2) is 12.2 Å². The molecule has 0 saturated carbocycles. The lowest BCUT2D eigenvalue weighted by Gasteiger charge is -2.21. The van der Waals surface area contributed by atoms with Crippen LogP contribution >= 0.6 is 15.6 Å². The molecule has 0 aromatic rings. The predicted octanol–water partition coefficient (Wildman–Crippen LogP) is 22.3. The van der Waals surface area contributed by atoms with Crippen molar-refractivity contribution in [3.05, 3.63) is 0 Å². The summed E-state index contributed by atoms with van der Waals surface area (Å²) in [6.07, 6.45) is 55.6. The van der Waals surface area contributed by atoms with Crippen molar-refractivity contribution in [1.82, 2.24) is 0 Å². The first-order valence-electron chi connectivity index (χ1n) is 39.5. The minimum atomic E-state index is -4.96. The highest BCUT2D eigenvalue weighted by atomic mass is 31.2. The number of ether oxygens (including phenoxy) is 4. The van der Waals surface area contributed by atoms with Gasteiger partial charge in [0.2, 0.25) is 0 Å². The van der Waals surface area contributed by atoms with Gasteiger partial charge in [0.1, 0.15) is 19.3 Å². The molecule has 95 heavy (non-hydrogen) atoms. The van der Waals surface area contributed by atoms with Gasteiger partial charge in [-0.15, -0.1) is 0 Å². The minimum absolute atomic E-state index is 0.104. The van der Waals surface area contributed by atoms with Crippen LogP contribution in [0.4, 0.5) is 0 Å². The number of aliphatic hydroxyl groups is 1. The van der Waals surface area contributed by atoms with Gasteiger partial charge < -0.3 is 33.8 Å². The molecule has 3 N–H and O–H groups in total. The van der Waals surface area contributed by atoms with E-state index in [1.807, 2.05) is 0 Å². The van der Waals surface area contributed by atoms with Gasteiger partial charge in [-0.25, -0.2) is 9.13 Å². The number of hydrogen-bond acceptors (Lipinski definition) is 15. The summed E-state index contributed by atoms with van der Waals surface area (Å²) in [5.41, 5.74) is 0. The molecule has 0 bridgehead atoms. The highest BCUT2D eigenvalue weighted by molar-refractivity contribution is 7.47. The van der Waals surface area contributed by atoms with Crippen LogP contribution in [0.15, 0.2) is 0 Å². The molecular weight excluding hydrogens is 1250 g/mol. The van der Waals surface area contributed by atoms with Gasteiger partial charge in [-0.2, -0.15) is 0 Å². The van der Waals surface area contributed by atoms with E-state index in [9.17, 15) is 43.2 Å². The molecule has 0 radical (unpaired) electrons. The third-order valence-electron chi connectivity index (χ3n) is 18.1. The zero-order chi connectivity index (χ0) is 70.0. The molecule has 17 nitrogen and oxygen atoms in total. The maximum atomic E-state index is 13.1. The molecule has 0 fully saturated rings. The fourth-order valence-corrected chi connectivity index (χ4v) is 13.2. The Bertz CT molecular complexity index is 1840. The van der Waals surface area contributed by atoms with Gasteiger partial charge in [0.25, 0.3) is 0 Å². The van der Waals surface area contributed by atoms with Crippen LogP contribution in [0, 0.1) is 11.8 Å². The van der Waals surface area contributed by atoms with Gasteiger partial charge in [-0.3, -0.25) is 37.3 Å². The second kappa shape index (κ2) is 67.9. The molecule has 19 heteroatoms. The highest BCUT2D eigenvalue weighted by Gasteiger charge is 2.30. The number of esters is 4. The molecule has 0 saturated heterocycles. The van der Waals surface area contributed by atoms with Gasteiger partial charge in [0, 0.05) is 25.7 Å². The van der Waals surface area contributed by atoms with Gasteiger partial charge in [-0.05, 0) is 37.5 Å². The van der Waals surface area contributed by atoms with E-state index in [1.54, 1.807) is 0 Å². The first-order chi connectivity index (χ1) is 45.9. The summed E-state index contributed by atoms with van der Waals surface area (Å²) in [6, 6.07) is 0. The zero-order valence-electron chi connectivity index (χ0n) is 62.0. The molecule has 0 aliphatic heterocycles. The summed E-state index contributed by atoms with van der Waals surface area (Å²) in [5.74, 6) is -0.669. The summed E-state index contributed by atoms with van der Waals surface area (Å²) in [6.45, 7) is 9.51. The van der Waals surface area contributed by atoms with E-state index >= 15 is 0 Å². The fraction of sp³-hybridized carbons (Fsp3) is 0.947. The summed E-state index contributed by atoms with van der Waals surface area (Å²) in [7, 11) is -9.91. The number of hydrogen-bond donors (Lipinski definition) is 3. The van der Waals surface area contributed by atoms with Crippen LogP contribution in [0.5, 0.6) is 0 Å². The monoisotopic (exact) mass is 1400 g/mol. The van der Waals surface area contributed by atoms with E-state index in [0.29, 0.717) is 25.7 Å².